The molecule has 0 aromatic carbocycles. The van der Waals surface area contributed by atoms with Gasteiger partial charge in [-0.2, -0.15) is 0 Å². The van der Waals surface area contributed by atoms with Crippen molar-refractivity contribution in [2.24, 2.45) is 11.8 Å². The van der Waals surface area contributed by atoms with Gasteiger partial charge in [0.25, 0.3) is 0 Å². The summed E-state index contributed by atoms with van der Waals surface area (Å²) in [5.74, 6) is 1.01. The van der Waals surface area contributed by atoms with Gasteiger partial charge in [0.05, 0.1) is 6.61 Å². The van der Waals surface area contributed by atoms with Crippen LogP contribution in [0.15, 0.2) is 0 Å². The molecule has 0 radical (unpaired) electrons. The van der Waals surface area contributed by atoms with E-state index in [1.54, 1.807) is 0 Å². The molecule has 0 aromatic heterocycles. The molecule has 1 N–H and O–H groups in total. The first-order valence-electron chi connectivity index (χ1n) is 14.8. The van der Waals surface area contributed by atoms with Gasteiger partial charge in [-0.25, -0.2) is 0 Å². The Kier molecular flexibility index (Phi) is 23.8. The molecule has 0 rings (SSSR count). The Labute approximate surface area is 217 Å². The summed E-state index contributed by atoms with van der Waals surface area (Å²) in [7, 11) is 0. The van der Waals surface area contributed by atoms with Crippen molar-refractivity contribution < 1.29 is 24.2 Å². The van der Waals surface area contributed by atoms with Crippen LogP contribution in [-0.2, 0) is 19.1 Å². The van der Waals surface area contributed by atoms with E-state index in [0.717, 1.165) is 50.4 Å². The van der Waals surface area contributed by atoms with Gasteiger partial charge in [0.15, 0.2) is 6.10 Å². The third-order valence-corrected chi connectivity index (χ3v) is 6.51. The molecule has 0 fully saturated rings. The highest BCUT2D eigenvalue weighted by Gasteiger charge is 2.16. The van der Waals surface area contributed by atoms with Gasteiger partial charge in [-0.1, -0.05) is 124 Å². The normalized spacial score (nSPS) is 12.3. The lowest BCUT2D eigenvalue weighted by atomic mass is 10.0. The summed E-state index contributed by atoms with van der Waals surface area (Å²) >= 11 is 0. The number of carbonyl (C=O) groups is 2. The highest BCUT2D eigenvalue weighted by molar-refractivity contribution is 5.70. The van der Waals surface area contributed by atoms with Crippen LogP contribution in [0, 0.1) is 11.8 Å². The Morgan fingerprint density at radius 2 is 0.943 bits per heavy atom. The molecule has 0 bridgehead atoms. The third-order valence-electron chi connectivity index (χ3n) is 6.51. The minimum atomic E-state index is -0.761. The molecule has 0 aliphatic rings. The maximum absolute atomic E-state index is 12.0. The zero-order chi connectivity index (χ0) is 26.2. The van der Waals surface area contributed by atoms with Crippen molar-refractivity contribution in [2.75, 3.05) is 13.2 Å². The van der Waals surface area contributed by atoms with Crippen LogP contribution in [-0.4, -0.2) is 36.4 Å². The van der Waals surface area contributed by atoms with Crippen molar-refractivity contribution in [3.63, 3.8) is 0 Å². The largest absolute Gasteiger partial charge is 0.462 e. The molecule has 5 heteroatoms. The Morgan fingerprint density at radius 3 is 1.34 bits per heavy atom. The predicted octanol–water partition coefficient (Wildman–Crippen LogP) is 8.16. The van der Waals surface area contributed by atoms with Crippen molar-refractivity contribution in [3.05, 3.63) is 0 Å². The Morgan fingerprint density at radius 1 is 0.571 bits per heavy atom. The molecule has 0 heterocycles. The van der Waals surface area contributed by atoms with E-state index in [-0.39, 0.29) is 25.2 Å². The van der Waals surface area contributed by atoms with Crippen LogP contribution in [0.1, 0.15) is 150 Å². The van der Waals surface area contributed by atoms with E-state index < -0.39 is 6.10 Å². The molecule has 1 atom stereocenters. The van der Waals surface area contributed by atoms with E-state index in [0.29, 0.717) is 12.8 Å². The summed E-state index contributed by atoms with van der Waals surface area (Å²) in [6, 6.07) is 0. The zero-order valence-corrected chi connectivity index (χ0v) is 23.7. The second kappa shape index (κ2) is 24.6. The SMILES string of the molecule is CC(C)CCCCCCCCCCC(=O)O[C@@H](CO)COC(=O)CCCCCCCCCC(C)C. The first-order chi connectivity index (χ1) is 16.8. The number of aliphatic hydroxyl groups excluding tert-OH is 1. The van der Waals surface area contributed by atoms with Crippen molar-refractivity contribution in [3.8, 4) is 0 Å². The molecule has 0 aliphatic carbocycles. The standard InChI is InChI=1S/C30H58O5/c1-26(2)20-16-12-8-5-6-10-15-19-23-30(33)35-28(24-31)25-34-29(32)22-18-14-11-7-9-13-17-21-27(3)4/h26-28,31H,5-25H2,1-4H3/t28-/m0/s1. The topological polar surface area (TPSA) is 72.8 Å². The Bertz CT molecular complexity index is 489. The summed E-state index contributed by atoms with van der Waals surface area (Å²) in [6.45, 7) is 8.71. The van der Waals surface area contributed by atoms with Crippen molar-refractivity contribution in [1.82, 2.24) is 0 Å². The smallest absolute Gasteiger partial charge is 0.306 e. The average Bonchev–Trinajstić information content (AvgIpc) is 2.81. The van der Waals surface area contributed by atoms with E-state index in [1.807, 2.05) is 0 Å². The molecular weight excluding hydrogens is 440 g/mol. The highest BCUT2D eigenvalue weighted by Crippen LogP contribution is 2.14. The van der Waals surface area contributed by atoms with Crippen LogP contribution in [0.5, 0.6) is 0 Å². The molecule has 0 amide bonds. The van der Waals surface area contributed by atoms with E-state index >= 15 is 0 Å². The van der Waals surface area contributed by atoms with E-state index in [4.69, 9.17) is 9.47 Å². The molecule has 0 spiro atoms. The van der Waals surface area contributed by atoms with Crippen LogP contribution in [0.4, 0.5) is 0 Å². The molecule has 0 saturated heterocycles. The maximum atomic E-state index is 12.0. The molecule has 0 saturated carbocycles. The quantitative estimate of drug-likeness (QED) is 0.101. The number of hydrogen-bond donors (Lipinski definition) is 1. The maximum Gasteiger partial charge on any atom is 0.306 e. The highest BCUT2D eigenvalue weighted by atomic mass is 16.6. The predicted molar refractivity (Wildman–Crippen MR) is 145 cm³/mol. The lowest BCUT2D eigenvalue weighted by molar-refractivity contribution is -0.161. The van der Waals surface area contributed by atoms with Gasteiger partial charge in [-0.05, 0) is 24.7 Å². The lowest BCUT2D eigenvalue weighted by Gasteiger charge is -2.15. The second-order valence-electron chi connectivity index (χ2n) is 11.1. The van der Waals surface area contributed by atoms with Crippen molar-refractivity contribution in [2.45, 2.75) is 156 Å². The van der Waals surface area contributed by atoms with Gasteiger partial charge in [0.1, 0.15) is 6.61 Å². The van der Waals surface area contributed by atoms with Crippen molar-refractivity contribution in [1.29, 1.82) is 0 Å². The van der Waals surface area contributed by atoms with Crippen LogP contribution in [0.3, 0.4) is 0 Å². The molecule has 35 heavy (non-hydrogen) atoms. The number of carbonyl (C=O) groups excluding carboxylic acids is 2. The number of ether oxygens (including phenoxy) is 2. The number of unbranched alkanes of at least 4 members (excludes halogenated alkanes) is 13. The van der Waals surface area contributed by atoms with Gasteiger partial charge >= 0.3 is 11.9 Å². The molecular formula is C30H58O5. The van der Waals surface area contributed by atoms with E-state index in [2.05, 4.69) is 27.7 Å². The fourth-order valence-corrected chi connectivity index (χ4v) is 4.22. The molecule has 0 unspecified atom stereocenters. The first-order valence-corrected chi connectivity index (χ1v) is 14.8. The minimum absolute atomic E-state index is 0.0618. The number of rotatable bonds is 25. The minimum Gasteiger partial charge on any atom is -0.462 e. The molecule has 0 aliphatic heterocycles. The van der Waals surface area contributed by atoms with Gasteiger partial charge < -0.3 is 14.6 Å². The summed E-state index contributed by atoms with van der Waals surface area (Å²) < 4.78 is 10.5. The van der Waals surface area contributed by atoms with Crippen LogP contribution in [0.25, 0.3) is 0 Å². The van der Waals surface area contributed by atoms with Crippen LogP contribution < -0.4 is 0 Å². The van der Waals surface area contributed by atoms with E-state index in [9.17, 15) is 14.7 Å². The van der Waals surface area contributed by atoms with Gasteiger partial charge in [0, 0.05) is 12.8 Å². The van der Waals surface area contributed by atoms with Gasteiger partial charge in [0.2, 0.25) is 0 Å². The van der Waals surface area contributed by atoms with Gasteiger partial charge in [-0.3, -0.25) is 9.59 Å². The van der Waals surface area contributed by atoms with Crippen molar-refractivity contribution >= 4 is 11.9 Å². The Hall–Kier alpha value is -1.10. The fourth-order valence-electron chi connectivity index (χ4n) is 4.22. The summed E-state index contributed by atoms with van der Waals surface area (Å²) in [5, 5.41) is 9.44. The second-order valence-corrected chi connectivity index (χ2v) is 11.1. The monoisotopic (exact) mass is 498 g/mol. The van der Waals surface area contributed by atoms with E-state index in [1.165, 1.54) is 70.6 Å². The number of esters is 2. The fraction of sp³-hybridized carbons (Fsp3) is 0.933. The first kappa shape index (κ1) is 33.9. The Balaban J connectivity index is 3.61. The number of hydrogen-bond acceptors (Lipinski definition) is 5. The summed E-state index contributed by atoms with van der Waals surface area (Å²) in [6.07, 6.45) is 20.2. The summed E-state index contributed by atoms with van der Waals surface area (Å²) in [4.78, 5) is 23.9. The molecule has 5 nitrogen and oxygen atoms in total. The lowest BCUT2D eigenvalue weighted by Crippen LogP contribution is -2.28. The zero-order valence-electron chi connectivity index (χ0n) is 23.7. The third kappa shape index (κ3) is 25.8. The van der Waals surface area contributed by atoms with Crippen LogP contribution in [0.2, 0.25) is 0 Å². The van der Waals surface area contributed by atoms with Crippen LogP contribution >= 0.6 is 0 Å². The number of aliphatic hydroxyl groups is 1. The summed E-state index contributed by atoms with van der Waals surface area (Å²) in [5.41, 5.74) is 0. The molecule has 208 valence electrons. The average molecular weight is 499 g/mol. The molecule has 0 aromatic rings. The van der Waals surface area contributed by atoms with Gasteiger partial charge in [-0.15, -0.1) is 0 Å².